The minimum absolute atomic E-state index is 0.0222. The van der Waals surface area contributed by atoms with Crippen LogP contribution in [0.4, 0.5) is 0 Å². The van der Waals surface area contributed by atoms with Gasteiger partial charge in [-0.2, -0.15) is 0 Å². The van der Waals surface area contributed by atoms with Crippen molar-refractivity contribution in [3.05, 3.63) is 0 Å². The number of ketones is 1. The maximum atomic E-state index is 12.9. The lowest BCUT2D eigenvalue weighted by molar-refractivity contribution is -0.147. The molecule has 4 amide bonds. The summed E-state index contributed by atoms with van der Waals surface area (Å²) in [5.41, 5.74) is 5.75. The molecule has 1 heterocycles. The summed E-state index contributed by atoms with van der Waals surface area (Å²) < 4.78 is 0. The van der Waals surface area contributed by atoms with Gasteiger partial charge in [0.2, 0.25) is 23.6 Å². The number of hydrogen-bond donors (Lipinski definition) is 3. The zero-order valence-corrected chi connectivity index (χ0v) is 20.2. The molecule has 1 rings (SSSR count). The molecule has 0 spiro atoms. The highest BCUT2D eigenvalue weighted by Gasteiger charge is 2.45. The second-order valence-corrected chi connectivity index (χ2v) is 10.5. The highest BCUT2D eigenvalue weighted by atomic mass is 32.2. The van der Waals surface area contributed by atoms with E-state index in [2.05, 4.69) is 10.6 Å². The van der Waals surface area contributed by atoms with Crippen molar-refractivity contribution >= 4 is 41.2 Å². The van der Waals surface area contributed by atoms with Crippen LogP contribution in [0.15, 0.2) is 0 Å². The monoisotopic (exact) mass is 456 g/mol. The molecule has 1 aliphatic heterocycles. The Hall–Kier alpha value is -1.94. The summed E-state index contributed by atoms with van der Waals surface area (Å²) in [4.78, 5) is 63.9. The fraction of sp³-hybridized carbons (Fsp3) is 0.762. The fourth-order valence-electron chi connectivity index (χ4n) is 3.37. The Labute approximate surface area is 188 Å². The average Bonchev–Trinajstić information content (AvgIpc) is 2.92. The maximum Gasteiger partial charge on any atom is 0.245 e. The molecule has 1 fully saturated rings. The van der Waals surface area contributed by atoms with Crippen molar-refractivity contribution in [2.24, 2.45) is 17.6 Å². The van der Waals surface area contributed by atoms with Crippen molar-refractivity contribution in [3.8, 4) is 0 Å². The van der Waals surface area contributed by atoms with Gasteiger partial charge in [0.1, 0.15) is 12.1 Å². The van der Waals surface area contributed by atoms with Crippen LogP contribution >= 0.6 is 11.8 Å². The number of carbonyl (C=O) groups excluding carboxylic acids is 5. The van der Waals surface area contributed by atoms with Gasteiger partial charge in [-0.25, -0.2) is 0 Å². The van der Waals surface area contributed by atoms with Crippen molar-refractivity contribution in [1.29, 1.82) is 0 Å². The van der Waals surface area contributed by atoms with E-state index in [1.807, 2.05) is 13.8 Å². The van der Waals surface area contributed by atoms with E-state index in [0.29, 0.717) is 0 Å². The van der Waals surface area contributed by atoms with E-state index in [1.54, 1.807) is 34.6 Å². The largest absolute Gasteiger partial charge is 0.345 e. The van der Waals surface area contributed by atoms with Gasteiger partial charge in [-0.05, 0) is 18.1 Å². The van der Waals surface area contributed by atoms with E-state index in [0.717, 1.165) is 4.90 Å². The number of nitrogens with two attached hydrogens (primary N) is 1. The molecule has 0 aromatic rings. The minimum atomic E-state index is -1.19. The molecule has 4 atom stereocenters. The van der Waals surface area contributed by atoms with Crippen LogP contribution in [-0.4, -0.2) is 69.5 Å². The molecule has 0 aromatic heterocycles. The van der Waals surface area contributed by atoms with Crippen molar-refractivity contribution in [3.63, 3.8) is 0 Å². The molecular formula is C21H36N4O5S. The van der Waals surface area contributed by atoms with Crippen molar-refractivity contribution < 1.29 is 24.0 Å². The van der Waals surface area contributed by atoms with Gasteiger partial charge >= 0.3 is 0 Å². The number of thioether (sulfide) groups is 1. The molecule has 0 radical (unpaired) electrons. The highest BCUT2D eigenvalue weighted by Crippen LogP contribution is 2.29. The molecule has 2 unspecified atom stereocenters. The summed E-state index contributed by atoms with van der Waals surface area (Å²) in [5.74, 6) is -2.72. The second kappa shape index (κ2) is 11.6. The Bertz CT molecular complexity index is 710. The van der Waals surface area contributed by atoms with Crippen LogP contribution in [0.1, 0.15) is 54.9 Å². The zero-order valence-electron chi connectivity index (χ0n) is 19.4. The molecular weight excluding hydrogens is 420 g/mol. The smallest absolute Gasteiger partial charge is 0.245 e. The first-order valence-electron chi connectivity index (χ1n) is 10.7. The van der Waals surface area contributed by atoms with E-state index >= 15 is 0 Å². The molecule has 0 saturated carbocycles. The molecule has 31 heavy (non-hydrogen) atoms. The number of rotatable bonds is 11. The number of hydrogen-bond acceptors (Lipinski definition) is 7. The number of likely N-dealkylation sites (tertiary alicyclic amines) is 1. The van der Waals surface area contributed by atoms with Gasteiger partial charge < -0.3 is 16.4 Å². The van der Waals surface area contributed by atoms with Crippen LogP contribution in [-0.2, 0) is 24.0 Å². The van der Waals surface area contributed by atoms with Crippen LogP contribution < -0.4 is 16.4 Å². The molecule has 0 aliphatic carbocycles. The van der Waals surface area contributed by atoms with Gasteiger partial charge in [-0.3, -0.25) is 28.9 Å². The van der Waals surface area contributed by atoms with Gasteiger partial charge in [-0.1, -0.05) is 41.5 Å². The average molecular weight is 457 g/mol. The van der Waals surface area contributed by atoms with Gasteiger partial charge in [0.05, 0.1) is 11.3 Å². The Morgan fingerprint density at radius 1 is 1.03 bits per heavy atom. The van der Waals surface area contributed by atoms with E-state index in [1.165, 1.54) is 11.8 Å². The molecule has 10 heteroatoms. The van der Waals surface area contributed by atoms with Crippen LogP contribution in [0, 0.1) is 11.8 Å². The van der Waals surface area contributed by atoms with E-state index in [-0.39, 0.29) is 35.8 Å². The topological polar surface area (TPSA) is 139 Å². The van der Waals surface area contributed by atoms with E-state index in [4.69, 9.17) is 5.73 Å². The number of nitrogens with one attached hydrogen (secondary N) is 2. The standard InChI is InChI=1S/C21H36N4O5S/c1-10(2)17(20(29)23-13(7)18(27)11(3)4)24-19(28)14(9-22)25-16(26)8-15(21(25)30)31-12(5)6/h10-15,17H,8-9,22H2,1-7H3,(H,23,29)(H,24,28)/t13-,14?,15?,17-/m0/s1. The molecule has 4 N–H and O–H groups in total. The predicted molar refractivity (Wildman–Crippen MR) is 120 cm³/mol. The quantitative estimate of drug-likeness (QED) is 0.384. The summed E-state index contributed by atoms with van der Waals surface area (Å²) in [5, 5.41) is 4.86. The van der Waals surface area contributed by atoms with Crippen LogP contribution in [0.5, 0.6) is 0 Å². The van der Waals surface area contributed by atoms with Crippen molar-refractivity contribution in [2.45, 2.75) is 83.5 Å². The number of Topliss-reactive ketones (excluding diaryl/α,β-unsaturated/α-hetero) is 1. The number of imide groups is 1. The first-order chi connectivity index (χ1) is 14.3. The number of amides is 4. The SMILES string of the molecule is CC(C)SC1CC(=O)N(C(CN)C(=O)N[C@H](C(=O)N[C@@H](C)C(=O)C(C)C)C(C)C)C1=O. The third-order valence-corrected chi connectivity index (χ3v) is 6.26. The third-order valence-electron chi connectivity index (χ3n) is 5.02. The highest BCUT2D eigenvalue weighted by molar-refractivity contribution is 8.01. The summed E-state index contributed by atoms with van der Waals surface area (Å²) in [6.45, 7) is 12.2. The predicted octanol–water partition coefficient (Wildman–Crippen LogP) is 0.453. The zero-order chi connectivity index (χ0) is 24.0. The van der Waals surface area contributed by atoms with Crippen LogP contribution in [0.3, 0.4) is 0 Å². The van der Waals surface area contributed by atoms with Crippen LogP contribution in [0.2, 0.25) is 0 Å². The molecule has 176 valence electrons. The Morgan fingerprint density at radius 2 is 1.61 bits per heavy atom. The van der Waals surface area contributed by atoms with Gasteiger partial charge in [-0.15, -0.1) is 11.8 Å². The number of carbonyl (C=O) groups is 5. The second-order valence-electron chi connectivity index (χ2n) is 8.75. The summed E-state index contributed by atoms with van der Waals surface area (Å²) in [6.07, 6.45) is 0.0222. The fourth-order valence-corrected chi connectivity index (χ4v) is 4.50. The lowest BCUT2D eigenvalue weighted by atomic mass is 10.00. The molecule has 0 aromatic carbocycles. The Balaban J connectivity index is 2.94. The summed E-state index contributed by atoms with van der Waals surface area (Å²) in [6, 6.07) is -2.84. The van der Waals surface area contributed by atoms with Gasteiger partial charge in [0, 0.05) is 18.9 Å². The molecule has 1 aliphatic rings. The molecule has 9 nitrogen and oxygen atoms in total. The first kappa shape index (κ1) is 27.1. The minimum Gasteiger partial charge on any atom is -0.345 e. The number of nitrogens with zero attached hydrogens (tertiary/aromatic N) is 1. The van der Waals surface area contributed by atoms with Crippen molar-refractivity contribution in [1.82, 2.24) is 15.5 Å². The Kier molecular flexibility index (Phi) is 10.2. The summed E-state index contributed by atoms with van der Waals surface area (Å²) in [7, 11) is 0. The van der Waals surface area contributed by atoms with E-state index < -0.39 is 47.0 Å². The van der Waals surface area contributed by atoms with Gasteiger partial charge in [0.25, 0.3) is 0 Å². The van der Waals surface area contributed by atoms with Crippen molar-refractivity contribution in [2.75, 3.05) is 6.54 Å². The Morgan fingerprint density at radius 3 is 2.06 bits per heavy atom. The third kappa shape index (κ3) is 7.03. The lowest BCUT2D eigenvalue weighted by Crippen LogP contribution is -2.59. The first-order valence-corrected chi connectivity index (χ1v) is 11.6. The normalized spacial score (nSPS) is 19.7. The van der Waals surface area contributed by atoms with Crippen LogP contribution in [0.25, 0.3) is 0 Å². The van der Waals surface area contributed by atoms with E-state index in [9.17, 15) is 24.0 Å². The maximum absolute atomic E-state index is 12.9. The van der Waals surface area contributed by atoms with Gasteiger partial charge in [0.15, 0.2) is 5.78 Å². The molecule has 0 bridgehead atoms. The lowest BCUT2D eigenvalue weighted by Gasteiger charge is -2.29. The summed E-state index contributed by atoms with van der Waals surface area (Å²) >= 11 is 1.37. The molecule has 1 saturated heterocycles.